The molecular formula is C18H20N2O5S2. The molecule has 2 aromatic rings. The number of carbonyl (C=O) groups is 2. The lowest BCUT2D eigenvalue weighted by molar-refractivity contribution is -0.135. The highest BCUT2D eigenvalue weighted by atomic mass is 32.2. The molecular weight excluding hydrogens is 388 g/mol. The van der Waals surface area contributed by atoms with Crippen LogP contribution in [0.2, 0.25) is 0 Å². The van der Waals surface area contributed by atoms with Crippen LogP contribution in [0.3, 0.4) is 0 Å². The highest BCUT2D eigenvalue weighted by molar-refractivity contribution is 7.89. The third-order valence-electron chi connectivity index (χ3n) is 4.22. The summed E-state index contributed by atoms with van der Waals surface area (Å²) in [6.45, 7) is 2.77. The van der Waals surface area contributed by atoms with Crippen LogP contribution in [0.4, 0.5) is 0 Å². The van der Waals surface area contributed by atoms with Crippen molar-refractivity contribution in [1.82, 2.24) is 9.62 Å². The van der Waals surface area contributed by atoms with E-state index in [0.29, 0.717) is 13.1 Å². The van der Waals surface area contributed by atoms with Crippen LogP contribution in [-0.4, -0.2) is 44.9 Å². The number of hydrogen-bond acceptors (Lipinski definition) is 6. The number of amides is 1. The molecule has 1 aliphatic heterocycles. The molecule has 7 nitrogen and oxygen atoms in total. The zero-order chi connectivity index (χ0) is 19.4. The number of nitrogens with one attached hydrogen (secondary N) is 1. The topological polar surface area (TPSA) is 92.8 Å². The third kappa shape index (κ3) is 4.55. The fourth-order valence-electron chi connectivity index (χ4n) is 2.81. The van der Waals surface area contributed by atoms with Crippen molar-refractivity contribution < 1.29 is 22.7 Å². The standard InChI is InChI=1S/C18H20N2O5S2/c1-2-19-27(23,24)15-5-3-13(4-6-15)18(22)25-12-17(21)20-9-7-16-14(11-20)8-10-26-16/h3-6,8,10,19H,2,7,9,11-12H2,1H3. The molecule has 1 amide bonds. The van der Waals surface area contributed by atoms with Gasteiger partial charge in [-0.15, -0.1) is 11.3 Å². The van der Waals surface area contributed by atoms with Gasteiger partial charge in [0.05, 0.1) is 10.5 Å². The molecule has 0 spiro atoms. The van der Waals surface area contributed by atoms with Gasteiger partial charge in [-0.2, -0.15) is 0 Å². The van der Waals surface area contributed by atoms with Crippen molar-refractivity contribution in [3.05, 3.63) is 51.7 Å². The molecule has 0 fully saturated rings. The Hall–Kier alpha value is -2.23. The Morgan fingerprint density at radius 2 is 1.96 bits per heavy atom. The van der Waals surface area contributed by atoms with Crippen LogP contribution in [-0.2, 0) is 32.5 Å². The quantitative estimate of drug-likeness (QED) is 0.736. The maximum absolute atomic E-state index is 12.3. The number of hydrogen-bond donors (Lipinski definition) is 1. The van der Waals surface area contributed by atoms with Crippen molar-refractivity contribution in [3.8, 4) is 0 Å². The van der Waals surface area contributed by atoms with Gasteiger partial charge in [0.1, 0.15) is 0 Å². The summed E-state index contributed by atoms with van der Waals surface area (Å²) in [4.78, 5) is 27.4. The number of rotatable bonds is 6. The summed E-state index contributed by atoms with van der Waals surface area (Å²) in [6, 6.07) is 7.41. The number of sulfonamides is 1. The molecule has 0 bridgehead atoms. The summed E-state index contributed by atoms with van der Waals surface area (Å²) >= 11 is 1.69. The van der Waals surface area contributed by atoms with Gasteiger partial charge in [0.25, 0.3) is 5.91 Å². The second kappa shape index (κ2) is 8.20. The summed E-state index contributed by atoms with van der Waals surface area (Å²) in [7, 11) is -3.57. The number of thiophene rings is 1. The second-order valence-electron chi connectivity index (χ2n) is 6.04. The van der Waals surface area contributed by atoms with Crippen molar-refractivity contribution in [2.45, 2.75) is 24.8 Å². The monoisotopic (exact) mass is 408 g/mol. The predicted octanol–water partition coefficient (Wildman–Crippen LogP) is 1.79. The number of ether oxygens (including phenoxy) is 1. The van der Waals surface area contributed by atoms with E-state index in [1.54, 1.807) is 23.2 Å². The van der Waals surface area contributed by atoms with Crippen molar-refractivity contribution in [3.63, 3.8) is 0 Å². The number of nitrogens with zero attached hydrogens (tertiary/aromatic N) is 1. The van der Waals surface area contributed by atoms with Crippen LogP contribution in [0.15, 0.2) is 40.6 Å². The van der Waals surface area contributed by atoms with E-state index in [0.717, 1.165) is 12.0 Å². The van der Waals surface area contributed by atoms with Crippen LogP contribution in [0.5, 0.6) is 0 Å². The number of esters is 1. The Bertz CT molecular complexity index is 935. The van der Waals surface area contributed by atoms with E-state index in [-0.39, 0.29) is 29.5 Å². The molecule has 0 radical (unpaired) electrons. The van der Waals surface area contributed by atoms with Crippen LogP contribution in [0.25, 0.3) is 0 Å². The average molecular weight is 409 g/mol. The average Bonchev–Trinajstić information content (AvgIpc) is 3.13. The fourth-order valence-corrected chi connectivity index (χ4v) is 4.74. The zero-order valence-corrected chi connectivity index (χ0v) is 16.4. The van der Waals surface area contributed by atoms with Crippen LogP contribution in [0.1, 0.15) is 27.7 Å². The SMILES string of the molecule is CCNS(=O)(=O)c1ccc(C(=O)OCC(=O)N2CCc3sccc3C2)cc1. The largest absolute Gasteiger partial charge is 0.452 e. The maximum Gasteiger partial charge on any atom is 0.338 e. The lowest BCUT2D eigenvalue weighted by Crippen LogP contribution is -2.38. The first-order valence-electron chi connectivity index (χ1n) is 8.50. The van der Waals surface area contributed by atoms with Gasteiger partial charge in [-0.05, 0) is 47.7 Å². The molecule has 0 saturated carbocycles. The number of carbonyl (C=O) groups excluding carboxylic acids is 2. The van der Waals surface area contributed by atoms with Crippen molar-refractivity contribution in [2.24, 2.45) is 0 Å². The smallest absolute Gasteiger partial charge is 0.338 e. The minimum atomic E-state index is -3.57. The molecule has 144 valence electrons. The summed E-state index contributed by atoms with van der Waals surface area (Å²) in [5, 5.41) is 2.01. The Kier molecular flexibility index (Phi) is 5.93. The van der Waals surface area contributed by atoms with Gasteiger partial charge in [-0.1, -0.05) is 6.92 Å². The van der Waals surface area contributed by atoms with E-state index in [1.165, 1.54) is 29.1 Å². The van der Waals surface area contributed by atoms with Gasteiger partial charge in [-0.25, -0.2) is 17.9 Å². The third-order valence-corrected chi connectivity index (χ3v) is 6.81. The van der Waals surface area contributed by atoms with E-state index in [9.17, 15) is 18.0 Å². The van der Waals surface area contributed by atoms with Crippen LogP contribution < -0.4 is 4.72 Å². The molecule has 0 atom stereocenters. The molecule has 27 heavy (non-hydrogen) atoms. The summed E-state index contributed by atoms with van der Waals surface area (Å²) in [5.41, 5.74) is 1.33. The van der Waals surface area contributed by atoms with E-state index in [4.69, 9.17) is 4.74 Å². The molecule has 1 aromatic heterocycles. The first-order valence-corrected chi connectivity index (χ1v) is 10.9. The van der Waals surface area contributed by atoms with Gasteiger partial charge in [0.2, 0.25) is 10.0 Å². The van der Waals surface area contributed by atoms with E-state index < -0.39 is 16.0 Å². The maximum atomic E-state index is 12.3. The number of benzene rings is 1. The minimum absolute atomic E-state index is 0.0665. The first kappa shape index (κ1) is 19.5. The van der Waals surface area contributed by atoms with Crippen LogP contribution >= 0.6 is 11.3 Å². The van der Waals surface area contributed by atoms with Gasteiger partial charge in [-0.3, -0.25) is 4.79 Å². The fraction of sp³-hybridized carbons (Fsp3) is 0.333. The second-order valence-corrected chi connectivity index (χ2v) is 8.80. The zero-order valence-electron chi connectivity index (χ0n) is 14.8. The molecule has 9 heteroatoms. The molecule has 0 saturated heterocycles. The van der Waals surface area contributed by atoms with Gasteiger partial charge in [0.15, 0.2) is 6.61 Å². The molecule has 3 rings (SSSR count). The summed E-state index contributed by atoms with van der Waals surface area (Å²) < 4.78 is 31.3. The minimum Gasteiger partial charge on any atom is -0.452 e. The molecule has 0 unspecified atom stereocenters. The van der Waals surface area contributed by atoms with E-state index >= 15 is 0 Å². The predicted molar refractivity (Wildman–Crippen MR) is 101 cm³/mol. The van der Waals surface area contributed by atoms with Crippen molar-refractivity contribution in [1.29, 1.82) is 0 Å². The summed E-state index contributed by atoms with van der Waals surface area (Å²) in [5.74, 6) is -0.907. The molecule has 0 aliphatic carbocycles. The van der Waals surface area contributed by atoms with Crippen molar-refractivity contribution >= 4 is 33.2 Å². The summed E-state index contributed by atoms with van der Waals surface area (Å²) in [6.07, 6.45) is 0.814. The molecule has 2 heterocycles. The van der Waals surface area contributed by atoms with Gasteiger partial charge in [0, 0.05) is 24.5 Å². The van der Waals surface area contributed by atoms with Crippen LogP contribution in [0, 0.1) is 0 Å². The molecule has 1 aliphatic rings. The number of fused-ring (bicyclic) bond motifs is 1. The van der Waals surface area contributed by atoms with E-state index in [2.05, 4.69) is 4.72 Å². The van der Waals surface area contributed by atoms with Gasteiger partial charge >= 0.3 is 5.97 Å². The highest BCUT2D eigenvalue weighted by Crippen LogP contribution is 2.24. The Balaban J connectivity index is 1.56. The molecule has 1 aromatic carbocycles. The van der Waals surface area contributed by atoms with Crippen molar-refractivity contribution in [2.75, 3.05) is 19.7 Å². The lowest BCUT2D eigenvalue weighted by Gasteiger charge is -2.26. The Labute approximate surface area is 162 Å². The normalized spacial score (nSPS) is 13.9. The lowest BCUT2D eigenvalue weighted by atomic mass is 10.1. The highest BCUT2D eigenvalue weighted by Gasteiger charge is 2.22. The molecule has 1 N–H and O–H groups in total. The Morgan fingerprint density at radius 3 is 2.67 bits per heavy atom. The van der Waals surface area contributed by atoms with E-state index in [1.807, 2.05) is 11.4 Å². The Morgan fingerprint density at radius 1 is 1.22 bits per heavy atom. The van der Waals surface area contributed by atoms with Gasteiger partial charge < -0.3 is 9.64 Å². The first-order chi connectivity index (χ1) is 12.9.